The summed E-state index contributed by atoms with van der Waals surface area (Å²) in [5.74, 6) is -0.286. The molecule has 1 aromatic carbocycles. The molecule has 0 unspecified atom stereocenters. The van der Waals surface area contributed by atoms with Gasteiger partial charge in [0.2, 0.25) is 5.91 Å². The Morgan fingerprint density at radius 3 is 2.36 bits per heavy atom. The first-order valence-electron chi connectivity index (χ1n) is 9.25. The molecule has 0 saturated carbocycles. The number of amides is 3. The van der Waals surface area contributed by atoms with E-state index in [2.05, 4.69) is 45.4 Å². The Morgan fingerprint density at radius 2 is 1.68 bits per heavy atom. The van der Waals surface area contributed by atoms with Gasteiger partial charge in [-0.05, 0) is 44.3 Å². The van der Waals surface area contributed by atoms with E-state index in [0.29, 0.717) is 25.0 Å². The standard InChI is InChI=1S/C19H28N4O2/c20-19(25)21-18(24)10-13-22-11-4-8-16(22)17-9-5-12-23(17)14-15-6-2-1-3-7-15/h1-3,6-7,16-17H,4-5,8-14H2,(H3,20,21,24,25)/t16-,17+/m1/s1. The number of imide groups is 1. The molecule has 25 heavy (non-hydrogen) atoms. The van der Waals surface area contributed by atoms with Gasteiger partial charge in [-0.25, -0.2) is 4.79 Å². The minimum Gasteiger partial charge on any atom is -0.351 e. The number of nitrogens with two attached hydrogens (primary N) is 1. The van der Waals surface area contributed by atoms with Crippen molar-refractivity contribution in [1.82, 2.24) is 15.1 Å². The van der Waals surface area contributed by atoms with Crippen LogP contribution in [-0.4, -0.2) is 53.5 Å². The lowest BCUT2D eigenvalue weighted by molar-refractivity contribution is -0.120. The SMILES string of the molecule is NC(=O)NC(=O)CCN1CCC[C@@H]1[C@@H]1CCCN1Cc1ccccc1. The Labute approximate surface area is 149 Å². The predicted octanol–water partition coefficient (Wildman–Crippen LogP) is 1.70. The van der Waals surface area contributed by atoms with Gasteiger partial charge >= 0.3 is 6.03 Å². The van der Waals surface area contributed by atoms with E-state index in [1.54, 1.807) is 0 Å². The number of hydrogen-bond acceptors (Lipinski definition) is 4. The number of carbonyl (C=O) groups is 2. The van der Waals surface area contributed by atoms with E-state index >= 15 is 0 Å². The van der Waals surface area contributed by atoms with E-state index in [9.17, 15) is 9.59 Å². The second kappa shape index (κ2) is 8.45. The Balaban J connectivity index is 1.57. The van der Waals surface area contributed by atoms with Crippen LogP contribution in [0, 0.1) is 0 Å². The van der Waals surface area contributed by atoms with Gasteiger partial charge in [-0.3, -0.25) is 19.9 Å². The summed E-state index contributed by atoms with van der Waals surface area (Å²) in [6.45, 7) is 3.87. The third-order valence-corrected chi connectivity index (χ3v) is 5.39. The molecule has 0 aliphatic carbocycles. The molecule has 0 spiro atoms. The zero-order valence-electron chi connectivity index (χ0n) is 14.7. The van der Waals surface area contributed by atoms with E-state index in [0.717, 1.165) is 19.6 Å². The summed E-state index contributed by atoms with van der Waals surface area (Å²) in [6.07, 6.45) is 5.15. The molecule has 2 heterocycles. The molecule has 136 valence electrons. The smallest absolute Gasteiger partial charge is 0.318 e. The molecule has 0 radical (unpaired) electrons. The molecule has 6 nitrogen and oxygen atoms in total. The van der Waals surface area contributed by atoms with Crippen LogP contribution in [0.15, 0.2) is 30.3 Å². The normalized spacial score (nSPS) is 24.5. The first-order valence-corrected chi connectivity index (χ1v) is 9.25. The minimum absolute atomic E-state index is 0.286. The lowest BCUT2D eigenvalue weighted by Crippen LogP contribution is -2.47. The highest BCUT2D eigenvalue weighted by Gasteiger charge is 2.37. The zero-order chi connectivity index (χ0) is 17.6. The average Bonchev–Trinajstić information content (AvgIpc) is 3.22. The number of primary amides is 1. The molecular formula is C19H28N4O2. The molecule has 2 atom stereocenters. The number of nitrogens with zero attached hydrogens (tertiary/aromatic N) is 2. The molecular weight excluding hydrogens is 316 g/mol. The van der Waals surface area contributed by atoms with Gasteiger partial charge in [0.15, 0.2) is 0 Å². The minimum atomic E-state index is -0.771. The van der Waals surface area contributed by atoms with Crippen molar-refractivity contribution in [3.05, 3.63) is 35.9 Å². The molecule has 2 saturated heterocycles. The summed E-state index contributed by atoms with van der Waals surface area (Å²) in [5, 5.41) is 2.16. The van der Waals surface area contributed by atoms with E-state index in [1.807, 2.05) is 0 Å². The topological polar surface area (TPSA) is 78.7 Å². The van der Waals surface area contributed by atoms with Crippen molar-refractivity contribution < 1.29 is 9.59 Å². The first-order chi connectivity index (χ1) is 12.1. The number of benzene rings is 1. The third-order valence-electron chi connectivity index (χ3n) is 5.39. The van der Waals surface area contributed by atoms with Crippen LogP contribution in [0.3, 0.4) is 0 Å². The molecule has 0 aromatic heterocycles. The number of nitrogens with one attached hydrogen (secondary N) is 1. The van der Waals surface area contributed by atoms with Gasteiger partial charge in [-0.1, -0.05) is 30.3 Å². The molecule has 3 N–H and O–H groups in total. The Hall–Kier alpha value is -1.92. The van der Waals surface area contributed by atoms with Crippen LogP contribution in [0.1, 0.15) is 37.7 Å². The number of urea groups is 1. The Kier molecular flexibility index (Phi) is 6.04. The van der Waals surface area contributed by atoms with Crippen LogP contribution in [0.2, 0.25) is 0 Å². The van der Waals surface area contributed by atoms with Crippen LogP contribution in [0.4, 0.5) is 4.79 Å². The molecule has 3 amide bonds. The maximum absolute atomic E-state index is 11.7. The number of likely N-dealkylation sites (tertiary alicyclic amines) is 2. The second-order valence-corrected chi connectivity index (χ2v) is 7.07. The van der Waals surface area contributed by atoms with Crippen molar-refractivity contribution in [3.8, 4) is 0 Å². The number of hydrogen-bond donors (Lipinski definition) is 2. The van der Waals surface area contributed by atoms with Gasteiger partial charge in [0.25, 0.3) is 0 Å². The van der Waals surface area contributed by atoms with Crippen LogP contribution < -0.4 is 11.1 Å². The molecule has 1 aromatic rings. The van der Waals surface area contributed by atoms with Gasteiger partial charge < -0.3 is 5.73 Å². The van der Waals surface area contributed by atoms with Crippen LogP contribution >= 0.6 is 0 Å². The van der Waals surface area contributed by atoms with E-state index < -0.39 is 6.03 Å². The number of rotatable bonds is 6. The van der Waals surface area contributed by atoms with Gasteiger partial charge in [-0.2, -0.15) is 0 Å². The van der Waals surface area contributed by atoms with Gasteiger partial charge in [0.1, 0.15) is 0 Å². The molecule has 6 heteroatoms. The summed E-state index contributed by atoms with van der Waals surface area (Å²) < 4.78 is 0. The Bertz CT molecular complexity index is 592. The molecule has 3 rings (SSSR count). The fourth-order valence-electron chi connectivity index (χ4n) is 4.31. The first kappa shape index (κ1) is 17.9. The van der Waals surface area contributed by atoms with Crippen molar-refractivity contribution in [1.29, 1.82) is 0 Å². The average molecular weight is 344 g/mol. The van der Waals surface area contributed by atoms with Crippen LogP contribution in [0.5, 0.6) is 0 Å². The monoisotopic (exact) mass is 344 g/mol. The van der Waals surface area contributed by atoms with E-state index in [4.69, 9.17) is 5.73 Å². The van der Waals surface area contributed by atoms with Gasteiger partial charge in [0, 0.05) is 31.6 Å². The van der Waals surface area contributed by atoms with Crippen molar-refractivity contribution in [2.24, 2.45) is 5.73 Å². The van der Waals surface area contributed by atoms with Crippen LogP contribution in [0.25, 0.3) is 0 Å². The highest BCUT2D eigenvalue weighted by molar-refractivity contribution is 5.93. The molecule has 2 aliphatic rings. The number of carbonyl (C=O) groups excluding carboxylic acids is 2. The second-order valence-electron chi connectivity index (χ2n) is 7.07. The lowest BCUT2D eigenvalue weighted by Gasteiger charge is -2.35. The van der Waals surface area contributed by atoms with E-state index in [-0.39, 0.29) is 5.91 Å². The predicted molar refractivity (Wildman–Crippen MR) is 96.8 cm³/mol. The lowest BCUT2D eigenvalue weighted by atomic mass is 10.0. The zero-order valence-corrected chi connectivity index (χ0v) is 14.7. The van der Waals surface area contributed by atoms with Crippen molar-refractivity contribution in [3.63, 3.8) is 0 Å². The van der Waals surface area contributed by atoms with Gasteiger partial charge in [0.05, 0.1) is 0 Å². The largest absolute Gasteiger partial charge is 0.351 e. The highest BCUT2D eigenvalue weighted by atomic mass is 16.2. The summed E-state index contributed by atoms with van der Waals surface area (Å²) in [4.78, 5) is 27.5. The summed E-state index contributed by atoms with van der Waals surface area (Å²) >= 11 is 0. The van der Waals surface area contributed by atoms with Crippen molar-refractivity contribution in [2.75, 3.05) is 19.6 Å². The molecule has 2 fully saturated rings. The van der Waals surface area contributed by atoms with Crippen LogP contribution in [-0.2, 0) is 11.3 Å². The van der Waals surface area contributed by atoms with E-state index in [1.165, 1.54) is 31.2 Å². The quantitative estimate of drug-likeness (QED) is 0.823. The maximum atomic E-state index is 11.7. The summed E-state index contributed by atoms with van der Waals surface area (Å²) in [6, 6.07) is 10.9. The third kappa shape index (κ3) is 4.80. The maximum Gasteiger partial charge on any atom is 0.318 e. The molecule has 0 bridgehead atoms. The van der Waals surface area contributed by atoms with Crippen molar-refractivity contribution >= 4 is 11.9 Å². The summed E-state index contributed by atoms with van der Waals surface area (Å²) in [7, 11) is 0. The highest BCUT2D eigenvalue weighted by Crippen LogP contribution is 2.31. The molecule has 2 aliphatic heterocycles. The fourth-order valence-corrected chi connectivity index (χ4v) is 4.31. The summed E-state index contributed by atoms with van der Waals surface area (Å²) in [5.41, 5.74) is 6.37. The van der Waals surface area contributed by atoms with Gasteiger partial charge in [-0.15, -0.1) is 0 Å². The Morgan fingerprint density at radius 1 is 1.04 bits per heavy atom. The van der Waals surface area contributed by atoms with Crippen molar-refractivity contribution in [2.45, 2.75) is 50.7 Å². The fraction of sp³-hybridized carbons (Fsp3) is 0.579.